The second-order valence-corrected chi connectivity index (χ2v) is 3.18. The van der Waals surface area contributed by atoms with Gasteiger partial charge in [-0.2, -0.15) is 13.2 Å². The molecule has 1 amide bonds. The van der Waals surface area contributed by atoms with Crippen LogP contribution in [-0.4, -0.2) is 58.0 Å². The van der Waals surface area contributed by atoms with Crippen molar-refractivity contribution in [1.29, 1.82) is 0 Å². The second-order valence-electron chi connectivity index (χ2n) is 3.18. The number of amides is 1. The van der Waals surface area contributed by atoms with Crippen LogP contribution in [0.3, 0.4) is 0 Å². The molecule has 6 N–H and O–H groups in total. The van der Waals surface area contributed by atoms with Crippen LogP contribution in [0.1, 0.15) is 6.92 Å². The molecule has 0 aromatic rings. The van der Waals surface area contributed by atoms with Crippen LogP contribution in [0.25, 0.3) is 0 Å². The summed E-state index contributed by atoms with van der Waals surface area (Å²) in [5, 5.41) is 26.2. The molecule has 112 valence electrons. The van der Waals surface area contributed by atoms with Crippen LogP contribution >= 0.6 is 0 Å². The van der Waals surface area contributed by atoms with E-state index < -0.39 is 42.7 Å². The Morgan fingerprint density at radius 1 is 1.26 bits per heavy atom. The first-order valence-electron chi connectivity index (χ1n) is 4.62. The van der Waals surface area contributed by atoms with Crippen molar-refractivity contribution in [3.05, 3.63) is 0 Å². The van der Waals surface area contributed by atoms with Crippen LogP contribution in [0, 0.1) is 0 Å². The second kappa shape index (κ2) is 8.26. The molecule has 8 nitrogen and oxygen atoms in total. The first-order chi connectivity index (χ1) is 8.39. The fourth-order valence-corrected chi connectivity index (χ4v) is 0.500. The zero-order valence-corrected chi connectivity index (χ0v) is 9.64. The normalized spacial score (nSPS) is 13.6. The van der Waals surface area contributed by atoms with Crippen molar-refractivity contribution in [1.82, 2.24) is 5.32 Å². The quantitative estimate of drug-likeness (QED) is 0.424. The molecule has 0 saturated heterocycles. The van der Waals surface area contributed by atoms with Gasteiger partial charge in [0.15, 0.2) is 0 Å². The number of aliphatic carboxylic acids is 2. The molecule has 0 aliphatic rings. The third-order valence-corrected chi connectivity index (χ3v) is 1.48. The highest BCUT2D eigenvalue weighted by Gasteiger charge is 2.38. The highest BCUT2D eigenvalue weighted by Crippen LogP contribution is 2.13. The van der Waals surface area contributed by atoms with Crippen LogP contribution in [-0.2, 0) is 14.4 Å². The van der Waals surface area contributed by atoms with Crippen LogP contribution in [0.2, 0.25) is 0 Å². The molecule has 0 heterocycles. The lowest BCUT2D eigenvalue weighted by molar-refractivity contribution is -0.192. The van der Waals surface area contributed by atoms with Gasteiger partial charge in [0.25, 0.3) is 0 Å². The summed E-state index contributed by atoms with van der Waals surface area (Å²) in [5.74, 6) is -4.58. The van der Waals surface area contributed by atoms with E-state index in [1.165, 1.54) is 6.92 Å². The van der Waals surface area contributed by atoms with E-state index in [-0.39, 0.29) is 0 Å². The Morgan fingerprint density at radius 2 is 1.63 bits per heavy atom. The molecule has 0 aliphatic carbocycles. The van der Waals surface area contributed by atoms with Crippen molar-refractivity contribution in [3.63, 3.8) is 0 Å². The molecule has 11 heteroatoms. The lowest BCUT2D eigenvalue weighted by Gasteiger charge is -2.12. The number of aliphatic hydroxyl groups is 1. The number of aliphatic hydroxyl groups excluding tert-OH is 1. The number of rotatable bonds is 4. The van der Waals surface area contributed by atoms with E-state index in [9.17, 15) is 22.8 Å². The highest BCUT2D eigenvalue weighted by molar-refractivity contribution is 5.85. The van der Waals surface area contributed by atoms with Gasteiger partial charge in [-0.25, -0.2) is 4.79 Å². The van der Waals surface area contributed by atoms with Crippen LogP contribution in [0.15, 0.2) is 0 Å². The first kappa shape index (κ1) is 19.5. The van der Waals surface area contributed by atoms with Crippen LogP contribution in [0.5, 0.6) is 0 Å². The highest BCUT2D eigenvalue weighted by atomic mass is 19.4. The maximum absolute atomic E-state index is 10.8. The fourth-order valence-electron chi connectivity index (χ4n) is 0.500. The van der Waals surface area contributed by atoms with Gasteiger partial charge in [0.05, 0.1) is 6.10 Å². The first-order valence-corrected chi connectivity index (χ1v) is 4.62. The number of carboxylic acids is 2. The zero-order chi connectivity index (χ0) is 15.8. The number of halogens is 3. The third-order valence-electron chi connectivity index (χ3n) is 1.48. The van der Waals surface area contributed by atoms with E-state index in [0.717, 1.165) is 0 Å². The molecule has 19 heavy (non-hydrogen) atoms. The van der Waals surface area contributed by atoms with Gasteiger partial charge in [-0.3, -0.25) is 9.59 Å². The van der Waals surface area contributed by atoms with Gasteiger partial charge in [-0.15, -0.1) is 0 Å². The third kappa shape index (κ3) is 11.0. The molecule has 0 aliphatic heterocycles. The summed E-state index contributed by atoms with van der Waals surface area (Å²) in [6.07, 6.45) is -6.07. The van der Waals surface area contributed by atoms with Gasteiger partial charge in [0.1, 0.15) is 12.6 Å². The zero-order valence-electron chi connectivity index (χ0n) is 9.64. The predicted molar refractivity (Wildman–Crippen MR) is 54.0 cm³/mol. The number of hydrogen-bond donors (Lipinski definition) is 5. The van der Waals surface area contributed by atoms with E-state index in [1.54, 1.807) is 0 Å². The van der Waals surface area contributed by atoms with Crippen molar-refractivity contribution in [2.45, 2.75) is 25.2 Å². The molecule has 0 saturated carbocycles. The van der Waals surface area contributed by atoms with Crippen LogP contribution < -0.4 is 11.1 Å². The number of hydrogen-bond acceptors (Lipinski definition) is 5. The Bertz CT molecular complexity index is 331. The van der Waals surface area contributed by atoms with E-state index in [0.29, 0.717) is 0 Å². The predicted octanol–water partition coefficient (Wildman–Crippen LogP) is -1.47. The van der Waals surface area contributed by atoms with E-state index in [2.05, 4.69) is 0 Å². The molecule has 0 rings (SSSR count). The lowest BCUT2D eigenvalue weighted by Crippen LogP contribution is -2.48. The topological polar surface area (TPSA) is 150 Å². The maximum atomic E-state index is 10.8. The average Bonchev–Trinajstić information content (AvgIpc) is 2.24. The van der Waals surface area contributed by atoms with Gasteiger partial charge in [-0.1, -0.05) is 0 Å². The summed E-state index contributed by atoms with van der Waals surface area (Å²) in [6, 6.07) is -1.08. The minimum Gasteiger partial charge on any atom is -0.480 e. The Balaban J connectivity index is 0. The van der Waals surface area contributed by atoms with Crippen LogP contribution in [0.4, 0.5) is 13.2 Å². The summed E-state index contributed by atoms with van der Waals surface area (Å²) >= 11 is 0. The SMILES string of the molecule is C[C@@H](O)[C@H](N)C(=O)NCC(=O)O.O=C(O)C(F)(F)F. The molecule has 0 bridgehead atoms. The average molecular weight is 290 g/mol. The standard InChI is InChI=1S/C6H12N2O4.C2HF3O2/c1-3(9)5(7)6(12)8-2-4(10)11;3-2(4,5)1(6)7/h3,5,9H,2,7H2,1H3,(H,8,12)(H,10,11);(H,6,7)/t3-,5+;/m1./s1. The summed E-state index contributed by atoms with van der Waals surface area (Å²) < 4.78 is 31.7. The minimum absolute atomic E-state index is 0.487. The largest absolute Gasteiger partial charge is 0.490 e. The summed E-state index contributed by atoms with van der Waals surface area (Å²) in [4.78, 5) is 29.7. The van der Waals surface area contributed by atoms with Gasteiger partial charge in [-0.05, 0) is 6.92 Å². The lowest BCUT2D eigenvalue weighted by atomic mass is 10.2. The molecule has 0 aromatic heterocycles. The Hall–Kier alpha value is -1.88. The van der Waals surface area contributed by atoms with Gasteiger partial charge < -0.3 is 26.4 Å². The number of carbonyl (C=O) groups excluding carboxylic acids is 1. The van der Waals surface area contributed by atoms with Crippen molar-refractivity contribution < 1.29 is 42.9 Å². The molecular formula is C8H13F3N2O6. The Morgan fingerprint density at radius 3 is 1.84 bits per heavy atom. The summed E-state index contributed by atoms with van der Waals surface area (Å²) in [5.41, 5.74) is 5.19. The van der Waals surface area contributed by atoms with Crippen molar-refractivity contribution in [2.75, 3.05) is 6.54 Å². The number of nitrogens with one attached hydrogen (secondary N) is 1. The number of alkyl halides is 3. The molecule has 0 aromatic carbocycles. The minimum atomic E-state index is -5.08. The number of carboxylic acid groups (broad SMARTS) is 2. The molecule has 2 atom stereocenters. The number of nitrogens with two attached hydrogens (primary N) is 1. The monoisotopic (exact) mass is 290 g/mol. The number of carbonyl (C=O) groups is 3. The van der Waals surface area contributed by atoms with Crippen molar-refractivity contribution >= 4 is 17.8 Å². The van der Waals surface area contributed by atoms with E-state index in [4.69, 9.17) is 25.8 Å². The van der Waals surface area contributed by atoms with E-state index in [1.807, 2.05) is 5.32 Å². The smallest absolute Gasteiger partial charge is 0.480 e. The van der Waals surface area contributed by atoms with Gasteiger partial charge in [0.2, 0.25) is 5.91 Å². The maximum Gasteiger partial charge on any atom is 0.490 e. The van der Waals surface area contributed by atoms with Crippen molar-refractivity contribution in [3.8, 4) is 0 Å². The molecule has 0 radical (unpaired) electrons. The summed E-state index contributed by atoms with van der Waals surface area (Å²) in [6.45, 7) is 0.865. The van der Waals surface area contributed by atoms with E-state index >= 15 is 0 Å². The molecule has 0 unspecified atom stereocenters. The summed E-state index contributed by atoms with van der Waals surface area (Å²) in [7, 11) is 0. The Labute approximate surface area is 105 Å². The van der Waals surface area contributed by atoms with Crippen molar-refractivity contribution in [2.24, 2.45) is 5.73 Å². The van der Waals surface area contributed by atoms with Gasteiger partial charge >= 0.3 is 18.1 Å². The molecular weight excluding hydrogens is 277 g/mol. The molecule has 0 fully saturated rings. The Kier molecular flexibility index (Phi) is 8.46. The van der Waals surface area contributed by atoms with Gasteiger partial charge in [0, 0.05) is 0 Å². The fraction of sp³-hybridized carbons (Fsp3) is 0.625. The molecule has 0 spiro atoms.